The quantitative estimate of drug-likeness (QED) is 0.281. The summed E-state index contributed by atoms with van der Waals surface area (Å²) in [5, 5.41) is 21.4. The summed E-state index contributed by atoms with van der Waals surface area (Å²) < 4.78 is 20.4. The number of aryl methyl sites for hydroxylation is 1. The molecule has 0 spiro atoms. The summed E-state index contributed by atoms with van der Waals surface area (Å²) in [5.41, 5.74) is 3.29. The molecule has 0 bridgehead atoms. The highest BCUT2D eigenvalue weighted by molar-refractivity contribution is 7.73. The van der Waals surface area contributed by atoms with Crippen molar-refractivity contribution in [2.24, 2.45) is 7.05 Å². The Morgan fingerprint density at radius 1 is 1.23 bits per heavy atom. The van der Waals surface area contributed by atoms with Crippen molar-refractivity contribution >= 4 is 39.0 Å². The van der Waals surface area contributed by atoms with Crippen LogP contribution in [0.4, 0.5) is 17.5 Å². The first-order valence-electron chi connectivity index (χ1n) is 9.67. The van der Waals surface area contributed by atoms with Crippen molar-refractivity contribution in [3.63, 3.8) is 0 Å². The fourth-order valence-corrected chi connectivity index (χ4v) is 3.58. The molecule has 4 rings (SSSR count). The second kappa shape index (κ2) is 8.70. The van der Waals surface area contributed by atoms with E-state index in [9.17, 15) is 9.32 Å². The van der Waals surface area contributed by atoms with E-state index < -0.39 is 10.6 Å². The molecule has 0 aliphatic rings. The highest BCUT2D eigenvalue weighted by Gasteiger charge is 2.13. The zero-order chi connectivity index (χ0) is 22.0. The summed E-state index contributed by atoms with van der Waals surface area (Å²) in [7, 11) is -0.242. The highest BCUT2D eigenvalue weighted by Crippen LogP contribution is 2.30. The van der Waals surface area contributed by atoms with Crippen LogP contribution in [0.3, 0.4) is 0 Å². The summed E-state index contributed by atoms with van der Waals surface area (Å²) in [6.07, 6.45) is 3.68. The number of nitrogens with zero attached hydrogens (tertiary/aromatic N) is 4. The van der Waals surface area contributed by atoms with Crippen molar-refractivity contribution in [3.8, 4) is 11.1 Å². The molecule has 0 amide bonds. The first-order chi connectivity index (χ1) is 14.9. The predicted octanol–water partition coefficient (Wildman–Crippen LogP) is 3.17. The Morgan fingerprint density at radius 3 is 2.71 bits per heavy atom. The van der Waals surface area contributed by atoms with Gasteiger partial charge in [0.25, 0.3) is 0 Å². The summed E-state index contributed by atoms with van der Waals surface area (Å²) in [6, 6.07) is 12.5. The minimum Gasteiger partial charge on any atom is -0.394 e. The summed E-state index contributed by atoms with van der Waals surface area (Å²) in [4.78, 5) is 9.51. The molecule has 0 aliphatic heterocycles. The van der Waals surface area contributed by atoms with Crippen molar-refractivity contribution < 1.29 is 9.32 Å². The van der Waals surface area contributed by atoms with E-state index in [-0.39, 0.29) is 12.6 Å². The van der Waals surface area contributed by atoms with Crippen molar-refractivity contribution in [1.82, 2.24) is 19.7 Å². The minimum atomic E-state index is -2.13. The lowest BCUT2D eigenvalue weighted by atomic mass is 10.1. The average Bonchev–Trinajstić information content (AvgIpc) is 3.13. The number of nitrogens with one attached hydrogen (secondary N) is 3. The first-order valence-corrected chi connectivity index (χ1v) is 10.9. The van der Waals surface area contributed by atoms with Gasteiger partial charge in [0.05, 0.1) is 22.7 Å². The molecule has 2 aromatic heterocycles. The van der Waals surface area contributed by atoms with Crippen molar-refractivity contribution in [2.45, 2.75) is 17.9 Å². The third-order valence-corrected chi connectivity index (χ3v) is 5.50. The van der Waals surface area contributed by atoms with Gasteiger partial charge in [0.15, 0.2) is 0 Å². The Labute approximate surface area is 181 Å². The first kappa shape index (κ1) is 20.8. The van der Waals surface area contributed by atoms with Crippen LogP contribution in [-0.2, 0) is 17.6 Å². The number of aliphatic hydroxyl groups is 1. The molecule has 0 saturated carbocycles. The molecule has 2 heterocycles. The van der Waals surface area contributed by atoms with Crippen molar-refractivity contribution in [2.75, 3.05) is 17.2 Å². The Hall–Kier alpha value is -3.50. The van der Waals surface area contributed by atoms with Crippen LogP contribution in [0, 0.1) is 4.78 Å². The third-order valence-electron chi connectivity index (χ3n) is 4.74. The summed E-state index contributed by atoms with van der Waals surface area (Å²) in [5.74, 6) is 0.957. The van der Waals surface area contributed by atoms with E-state index >= 15 is 0 Å². The van der Waals surface area contributed by atoms with E-state index in [2.05, 4.69) is 25.7 Å². The zero-order valence-electron chi connectivity index (χ0n) is 17.1. The SMILES string of the molecule is C[C@H](CO)Nc1nc(Nc2ccc([SH](=N)=O)cc2)ncc1-c1ccc2cn(C)nc2c1. The highest BCUT2D eigenvalue weighted by atomic mass is 32.2. The number of fused-ring (bicyclic) bond motifs is 1. The van der Waals surface area contributed by atoms with E-state index in [0.717, 1.165) is 22.0 Å². The van der Waals surface area contributed by atoms with E-state index in [1.165, 1.54) is 0 Å². The Morgan fingerprint density at radius 2 is 2.00 bits per heavy atom. The van der Waals surface area contributed by atoms with Gasteiger partial charge in [0.1, 0.15) is 5.82 Å². The Bertz CT molecular complexity index is 1290. The van der Waals surface area contributed by atoms with Crippen LogP contribution in [0.25, 0.3) is 22.0 Å². The number of anilines is 3. The molecule has 31 heavy (non-hydrogen) atoms. The number of benzene rings is 2. The van der Waals surface area contributed by atoms with E-state index in [0.29, 0.717) is 22.3 Å². The number of rotatable bonds is 7. The average molecular weight is 438 g/mol. The van der Waals surface area contributed by atoms with Gasteiger partial charge in [0, 0.05) is 47.0 Å². The molecule has 0 radical (unpaired) electrons. The van der Waals surface area contributed by atoms with Gasteiger partial charge in [-0.1, -0.05) is 12.1 Å². The van der Waals surface area contributed by atoms with E-state index in [1.807, 2.05) is 38.4 Å². The monoisotopic (exact) mass is 437 g/mol. The topological polar surface area (TPSA) is 129 Å². The predicted molar refractivity (Wildman–Crippen MR) is 122 cm³/mol. The molecule has 4 N–H and O–H groups in total. The van der Waals surface area contributed by atoms with Gasteiger partial charge in [-0.25, -0.2) is 9.19 Å². The minimum absolute atomic E-state index is 0.0434. The van der Waals surface area contributed by atoms with E-state index in [4.69, 9.17) is 4.78 Å². The molecule has 1 unspecified atom stereocenters. The Kier molecular flexibility index (Phi) is 5.83. The number of thiol groups is 1. The lowest BCUT2D eigenvalue weighted by Gasteiger charge is -2.16. The molecule has 2 aromatic carbocycles. The molecular weight excluding hydrogens is 414 g/mol. The second-order valence-corrected chi connectivity index (χ2v) is 8.33. The van der Waals surface area contributed by atoms with Gasteiger partial charge in [-0.3, -0.25) is 9.46 Å². The molecule has 0 fully saturated rings. The molecule has 9 nitrogen and oxygen atoms in total. The number of aromatic nitrogens is 4. The van der Waals surface area contributed by atoms with Gasteiger partial charge >= 0.3 is 0 Å². The molecule has 0 saturated heterocycles. The second-order valence-electron chi connectivity index (χ2n) is 7.23. The molecular formula is C21H23N7O2S. The molecule has 4 aromatic rings. The number of hydrogen-bond acceptors (Lipinski definition) is 8. The van der Waals surface area contributed by atoms with Crippen LogP contribution in [-0.4, -0.2) is 41.7 Å². The number of aliphatic hydroxyl groups excluding tert-OH is 1. The zero-order valence-corrected chi connectivity index (χ0v) is 18.0. The van der Waals surface area contributed by atoms with Gasteiger partial charge in [-0.15, -0.1) is 0 Å². The summed E-state index contributed by atoms with van der Waals surface area (Å²) >= 11 is 0. The van der Waals surface area contributed by atoms with Gasteiger partial charge < -0.3 is 15.7 Å². The fourth-order valence-electron chi connectivity index (χ4n) is 3.16. The van der Waals surface area contributed by atoms with Crippen LogP contribution in [0.15, 0.2) is 59.8 Å². The molecule has 2 atom stereocenters. The molecule has 10 heteroatoms. The fraction of sp³-hybridized carbons (Fsp3) is 0.190. The maximum absolute atomic E-state index is 11.3. The van der Waals surface area contributed by atoms with Crippen LogP contribution < -0.4 is 10.6 Å². The van der Waals surface area contributed by atoms with E-state index in [1.54, 1.807) is 35.1 Å². The van der Waals surface area contributed by atoms with Crippen LogP contribution in [0.5, 0.6) is 0 Å². The Balaban J connectivity index is 1.69. The van der Waals surface area contributed by atoms with Crippen molar-refractivity contribution in [3.05, 3.63) is 54.9 Å². The largest absolute Gasteiger partial charge is 0.394 e. The molecule has 0 aliphatic carbocycles. The lowest BCUT2D eigenvalue weighted by Crippen LogP contribution is -2.21. The third kappa shape index (κ3) is 4.65. The summed E-state index contributed by atoms with van der Waals surface area (Å²) in [6.45, 7) is 1.82. The smallest absolute Gasteiger partial charge is 0.229 e. The maximum atomic E-state index is 11.3. The normalized spacial score (nSPS) is 13.1. The van der Waals surface area contributed by atoms with Crippen molar-refractivity contribution in [1.29, 1.82) is 4.78 Å². The molecule has 160 valence electrons. The number of hydrogen-bond donors (Lipinski definition) is 5. The van der Waals surface area contributed by atoms with Crippen LogP contribution >= 0.6 is 0 Å². The lowest BCUT2D eigenvalue weighted by molar-refractivity contribution is 0.281. The van der Waals surface area contributed by atoms with Gasteiger partial charge in [-0.05, 0) is 42.8 Å². The standard InChI is InChI=1S/C21H23N7O2S/c1-13(12-29)24-20-18(14-3-4-15-11-28(2)27-19(15)9-14)10-23-21(26-20)25-16-5-7-17(8-6-16)31(22)30/h3-11,13,22,29,31H,12H2,1-2H3,(H2,23,24,25,26)/t13-/m1/s1. The van der Waals surface area contributed by atoms with Crippen LogP contribution in [0.1, 0.15) is 6.92 Å². The van der Waals surface area contributed by atoms with Crippen LogP contribution in [0.2, 0.25) is 0 Å². The van der Waals surface area contributed by atoms with Gasteiger partial charge in [0.2, 0.25) is 5.95 Å². The van der Waals surface area contributed by atoms with Gasteiger partial charge in [-0.2, -0.15) is 10.1 Å². The maximum Gasteiger partial charge on any atom is 0.229 e.